The molecule has 0 bridgehead atoms. The molecule has 0 aromatic carbocycles. The number of rotatable bonds is 3. The molecule has 0 radical (unpaired) electrons. The fourth-order valence-corrected chi connectivity index (χ4v) is 2.08. The van der Waals surface area contributed by atoms with Gasteiger partial charge in [0.25, 0.3) is 0 Å². The third kappa shape index (κ3) is 2.99. The number of nitrogen functional groups attached to an aromatic ring is 2. The fourth-order valence-electron chi connectivity index (χ4n) is 2.08. The Kier molecular flexibility index (Phi) is 3.64. The van der Waals surface area contributed by atoms with Gasteiger partial charge in [0.05, 0.1) is 0 Å². The molecule has 0 spiro atoms. The second-order valence-electron chi connectivity index (χ2n) is 4.99. The molecule has 0 saturated heterocycles. The van der Waals surface area contributed by atoms with Crippen LogP contribution in [0.5, 0.6) is 0 Å². The number of anilines is 2. The number of nitrogens with two attached hydrogens (primary N) is 2. The van der Waals surface area contributed by atoms with Crippen LogP contribution < -0.4 is 11.5 Å². The molecule has 5 nitrogen and oxygen atoms in total. The highest BCUT2D eigenvalue weighted by Gasteiger charge is 2.11. The van der Waals surface area contributed by atoms with Crippen molar-refractivity contribution < 1.29 is 0 Å². The highest BCUT2D eigenvalue weighted by Crippen LogP contribution is 2.23. The number of aromatic nitrogens is 3. The zero-order chi connectivity index (χ0) is 14.0. The smallest absolute Gasteiger partial charge is 0.221 e. The van der Waals surface area contributed by atoms with Gasteiger partial charge in [0.1, 0.15) is 5.82 Å². The second-order valence-corrected chi connectivity index (χ2v) is 4.99. The first-order chi connectivity index (χ1) is 8.97. The lowest BCUT2D eigenvalue weighted by molar-refractivity contribution is 0.834. The van der Waals surface area contributed by atoms with E-state index >= 15 is 0 Å². The summed E-state index contributed by atoms with van der Waals surface area (Å²) >= 11 is 0. The third-order valence-corrected chi connectivity index (χ3v) is 3.08. The Morgan fingerprint density at radius 2 is 1.84 bits per heavy atom. The normalized spacial score (nSPS) is 10.9. The van der Waals surface area contributed by atoms with Gasteiger partial charge in [0, 0.05) is 30.1 Å². The van der Waals surface area contributed by atoms with Gasteiger partial charge in [-0.3, -0.25) is 4.98 Å². The van der Waals surface area contributed by atoms with E-state index in [1.807, 2.05) is 13.1 Å². The van der Waals surface area contributed by atoms with Gasteiger partial charge < -0.3 is 11.5 Å². The molecular weight excluding hydrogens is 238 g/mol. The molecule has 2 aromatic heterocycles. The van der Waals surface area contributed by atoms with Gasteiger partial charge in [-0.05, 0) is 30.0 Å². The average Bonchev–Trinajstić information content (AvgIpc) is 2.32. The van der Waals surface area contributed by atoms with E-state index < -0.39 is 0 Å². The quantitative estimate of drug-likeness (QED) is 0.878. The van der Waals surface area contributed by atoms with Crippen molar-refractivity contribution in [3.63, 3.8) is 0 Å². The first-order valence-corrected chi connectivity index (χ1v) is 6.29. The number of nitrogens with zero attached hydrogens (tertiary/aromatic N) is 3. The third-order valence-electron chi connectivity index (χ3n) is 3.08. The lowest BCUT2D eigenvalue weighted by Gasteiger charge is -2.13. The van der Waals surface area contributed by atoms with Crippen LogP contribution in [0.1, 0.15) is 42.1 Å². The molecular formula is C14H19N5. The van der Waals surface area contributed by atoms with E-state index in [0.717, 1.165) is 11.3 Å². The average molecular weight is 257 g/mol. The van der Waals surface area contributed by atoms with E-state index in [2.05, 4.69) is 34.9 Å². The van der Waals surface area contributed by atoms with Gasteiger partial charge >= 0.3 is 0 Å². The minimum Gasteiger partial charge on any atom is -0.383 e. The Morgan fingerprint density at radius 3 is 2.47 bits per heavy atom. The summed E-state index contributed by atoms with van der Waals surface area (Å²) in [6.07, 6.45) is 4.32. The first-order valence-electron chi connectivity index (χ1n) is 6.29. The van der Waals surface area contributed by atoms with Crippen molar-refractivity contribution in [2.75, 3.05) is 11.5 Å². The largest absolute Gasteiger partial charge is 0.383 e. The van der Waals surface area contributed by atoms with Gasteiger partial charge in [-0.2, -0.15) is 4.98 Å². The van der Waals surface area contributed by atoms with E-state index in [0.29, 0.717) is 18.2 Å². The van der Waals surface area contributed by atoms with Crippen molar-refractivity contribution >= 4 is 11.8 Å². The topological polar surface area (TPSA) is 90.7 Å². The summed E-state index contributed by atoms with van der Waals surface area (Å²) in [5.41, 5.74) is 15.7. The fraction of sp³-hybridized carbons (Fsp3) is 0.357. The lowest BCUT2D eigenvalue weighted by Crippen LogP contribution is -2.06. The molecule has 2 rings (SSSR count). The van der Waals surface area contributed by atoms with Gasteiger partial charge in [-0.15, -0.1) is 0 Å². The van der Waals surface area contributed by atoms with E-state index in [9.17, 15) is 0 Å². The summed E-state index contributed by atoms with van der Waals surface area (Å²) in [6.45, 7) is 6.29. The molecule has 0 saturated carbocycles. The van der Waals surface area contributed by atoms with E-state index in [-0.39, 0.29) is 5.95 Å². The number of hydrogen-bond donors (Lipinski definition) is 2. The molecule has 0 fully saturated rings. The molecule has 19 heavy (non-hydrogen) atoms. The summed E-state index contributed by atoms with van der Waals surface area (Å²) < 4.78 is 0. The first kappa shape index (κ1) is 13.3. The number of pyridine rings is 1. The van der Waals surface area contributed by atoms with Crippen LogP contribution >= 0.6 is 0 Å². The summed E-state index contributed by atoms with van der Waals surface area (Å²) in [5.74, 6) is 1.06. The van der Waals surface area contributed by atoms with Crippen LogP contribution in [0.25, 0.3) is 0 Å². The van der Waals surface area contributed by atoms with Crippen LogP contribution in [-0.4, -0.2) is 15.0 Å². The molecule has 100 valence electrons. The van der Waals surface area contributed by atoms with Gasteiger partial charge in [-0.25, -0.2) is 4.98 Å². The maximum absolute atomic E-state index is 5.89. The molecule has 0 aliphatic heterocycles. The van der Waals surface area contributed by atoms with E-state index in [4.69, 9.17) is 11.5 Å². The van der Waals surface area contributed by atoms with Crippen LogP contribution in [0.15, 0.2) is 18.5 Å². The molecule has 5 heteroatoms. The predicted octanol–water partition coefficient (Wildman–Crippen LogP) is 2.06. The predicted molar refractivity (Wildman–Crippen MR) is 76.7 cm³/mol. The zero-order valence-corrected chi connectivity index (χ0v) is 11.5. The van der Waals surface area contributed by atoms with Crippen molar-refractivity contribution in [2.45, 2.75) is 33.1 Å². The standard InChI is InChI=1S/C14H19N5/c1-8(2)12-7-17-9(3)4-10(12)5-11-6-18-14(16)19-13(11)15/h4,6-8H,5H2,1-3H3,(H4,15,16,18,19). The van der Waals surface area contributed by atoms with Gasteiger partial charge in [0.15, 0.2) is 0 Å². The Balaban J connectivity index is 2.39. The molecule has 2 aromatic rings. The van der Waals surface area contributed by atoms with Crippen LogP contribution in [0, 0.1) is 6.92 Å². The van der Waals surface area contributed by atoms with Crippen molar-refractivity contribution in [2.24, 2.45) is 0 Å². The maximum atomic E-state index is 5.89. The van der Waals surface area contributed by atoms with Crippen molar-refractivity contribution in [1.29, 1.82) is 0 Å². The van der Waals surface area contributed by atoms with Gasteiger partial charge in [0.2, 0.25) is 5.95 Å². The maximum Gasteiger partial charge on any atom is 0.221 e. The van der Waals surface area contributed by atoms with E-state index in [1.54, 1.807) is 6.20 Å². The van der Waals surface area contributed by atoms with Crippen molar-refractivity contribution in [3.8, 4) is 0 Å². The minimum absolute atomic E-state index is 0.205. The highest BCUT2D eigenvalue weighted by atomic mass is 15.0. The molecule has 0 aliphatic rings. The Bertz CT molecular complexity index is 592. The van der Waals surface area contributed by atoms with Gasteiger partial charge in [-0.1, -0.05) is 13.8 Å². The monoisotopic (exact) mass is 257 g/mol. The van der Waals surface area contributed by atoms with Crippen molar-refractivity contribution in [1.82, 2.24) is 15.0 Å². The number of hydrogen-bond acceptors (Lipinski definition) is 5. The summed E-state index contributed by atoms with van der Waals surface area (Å²) in [6, 6.07) is 2.09. The lowest BCUT2D eigenvalue weighted by atomic mass is 9.95. The minimum atomic E-state index is 0.205. The molecule has 4 N–H and O–H groups in total. The van der Waals surface area contributed by atoms with Crippen LogP contribution in [-0.2, 0) is 6.42 Å². The molecule has 0 unspecified atom stereocenters. The van der Waals surface area contributed by atoms with Crippen LogP contribution in [0.3, 0.4) is 0 Å². The summed E-state index contributed by atoms with van der Waals surface area (Å²) in [5, 5.41) is 0. The Hall–Kier alpha value is -2.17. The summed E-state index contributed by atoms with van der Waals surface area (Å²) in [4.78, 5) is 12.4. The molecule has 0 amide bonds. The highest BCUT2D eigenvalue weighted by molar-refractivity contribution is 5.45. The SMILES string of the molecule is Cc1cc(Cc2cnc(N)nc2N)c(C(C)C)cn1. The van der Waals surface area contributed by atoms with E-state index in [1.165, 1.54) is 11.1 Å². The van der Waals surface area contributed by atoms with Crippen LogP contribution in [0.4, 0.5) is 11.8 Å². The summed E-state index contributed by atoms with van der Waals surface area (Å²) in [7, 11) is 0. The molecule has 0 atom stereocenters. The van der Waals surface area contributed by atoms with Crippen LogP contribution in [0.2, 0.25) is 0 Å². The Morgan fingerprint density at radius 1 is 1.11 bits per heavy atom. The Labute approximate surface area is 113 Å². The number of aryl methyl sites for hydroxylation is 1. The second kappa shape index (κ2) is 5.22. The molecule has 2 heterocycles. The van der Waals surface area contributed by atoms with Crippen molar-refractivity contribution in [3.05, 3.63) is 40.8 Å². The molecule has 0 aliphatic carbocycles. The zero-order valence-electron chi connectivity index (χ0n) is 11.5.